The van der Waals surface area contributed by atoms with Gasteiger partial charge in [0.2, 0.25) is 0 Å². The summed E-state index contributed by atoms with van der Waals surface area (Å²) in [6.07, 6.45) is 0.343. The third-order valence-corrected chi connectivity index (χ3v) is 4.88. The fraction of sp³-hybridized carbons (Fsp3) is 0.600. The number of alkyl halides is 3. The largest absolute Gasteiger partial charge is 0.416 e. The molecular weight excluding hydrogens is 301 g/mol. The van der Waals surface area contributed by atoms with E-state index in [0.717, 1.165) is 38.2 Å². The summed E-state index contributed by atoms with van der Waals surface area (Å²) in [5.41, 5.74) is 5.93. The van der Waals surface area contributed by atoms with E-state index in [9.17, 15) is 13.2 Å². The van der Waals surface area contributed by atoms with Crippen molar-refractivity contribution in [1.29, 1.82) is 0 Å². The van der Waals surface area contributed by atoms with Crippen molar-refractivity contribution in [3.8, 4) is 0 Å². The number of nitrogens with zero attached hydrogens (tertiary/aromatic N) is 1. The van der Waals surface area contributed by atoms with Gasteiger partial charge in [-0.1, -0.05) is 11.6 Å². The van der Waals surface area contributed by atoms with Gasteiger partial charge in [0, 0.05) is 18.1 Å². The average Bonchev–Trinajstić information content (AvgIpc) is 2.37. The number of rotatable bonds is 1. The van der Waals surface area contributed by atoms with Gasteiger partial charge in [0.15, 0.2) is 0 Å². The fourth-order valence-electron chi connectivity index (χ4n) is 3.70. The molecule has 2 fully saturated rings. The highest BCUT2D eigenvalue weighted by atomic mass is 35.5. The highest BCUT2D eigenvalue weighted by molar-refractivity contribution is 6.33. The van der Waals surface area contributed by atoms with Crippen LogP contribution in [0.2, 0.25) is 5.02 Å². The summed E-state index contributed by atoms with van der Waals surface area (Å²) in [4.78, 5) is 2.09. The number of nitrogens with two attached hydrogens (primary N) is 1. The van der Waals surface area contributed by atoms with Gasteiger partial charge in [0.05, 0.1) is 16.3 Å². The molecule has 2 heterocycles. The number of hydrogen-bond acceptors (Lipinski definition) is 2. The van der Waals surface area contributed by atoms with Crippen LogP contribution in [-0.2, 0) is 6.18 Å². The second kappa shape index (κ2) is 5.36. The monoisotopic (exact) mass is 318 g/mol. The number of fused-ring (bicyclic) bond motifs is 2. The molecule has 2 bridgehead atoms. The van der Waals surface area contributed by atoms with Crippen molar-refractivity contribution < 1.29 is 13.2 Å². The maximum atomic E-state index is 12.9. The third kappa shape index (κ3) is 2.86. The van der Waals surface area contributed by atoms with E-state index in [0.29, 0.717) is 10.7 Å². The summed E-state index contributed by atoms with van der Waals surface area (Å²) < 4.78 is 38.8. The predicted octanol–water partition coefficient (Wildman–Crippen LogP) is 4.21. The Labute approximate surface area is 127 Å². The van der Waals surface area contributed by atoms with Gasteiger partial charge in [0.25, 0.3) is 0 Å². The van der Waals surface area contributed by atoms with E-state index in [1.54, 1.807) is 0 Å². The van der Waals surface area contributed by atoms with Gasteiger partial charge in [-0.3, -0.25) is 0 Å². The van der Waals surface area contributed by atoms with Crippen molar-refractivity contribution in [2.24, 2.45) is 5.73 Å². The van der Waals surface area contributed by atoms with Crippen molar-refractivity contribution >= 4 is 17.3 Å². The van der Waals surface area contributed by atoms with E-state index in [2.05, 4.69) is 4.90 Å². The second-order valence-electron chi connectivity index (χ2n) is 6.04. The van der Waals surface area contributed by atoms with E-state index in [4.69, 9.17) is 17.3 Å². The Morgan fingerprint density at radius 2 is 1.76 bits per heavy atom. The van der Waals surface area contributed by atoms with Gasteiger partial charge in [-0.25, -0.2) is 0 Å². The van der Waals surface area contributed by atoms with E-state index in [-0.39, 0.29) is 18.1 Å². The first-order chi connectivity index (χ1) is 9.86. The van der Waals surface area contributed by atoms with E-state index < -0.39 is 11.7 Å². The Morgan fingerprint density at radius 3 is 2.33 bits per heavy atom. The Bertz CT molecular complexity index is 518. The molecule has 0 spiro atoms. The van der Waals surface area contributed by atoms with E-state index in [1.807, 2.05) is 0 Å². The molecule has 21 heavy (non-hydrogen) atoms. The van der Waals surface area contributed by atoms with Crippen LogP contribution in [0.4, 0.5) is 18.9 Å². The molecule has 2 saturated heterocycles. The van der Waals surface area contributed by atoms with Gasteiger partial charge in [-0.05, 0) is 50.3 Å². The lowest BCUT2D eigenvalue weighted by atomic mass is 9.81. The smallest absolute Gasteiger partial charge is 0.364 e. The van der Waals surface area contributed by atoms with Crippen molar-refractivity contribution in [2.75, 3.05) is 4.90 Å². The molecule has 2 unspecified atom stereocenters. The quantitative estimate of drug-likeness (QED) is 0.840. The third-order valence-electron chi connectivity index (χ3n) is 4.56. The van der Waals surface area contributed by atoms with Crippen LogP contribution in [0.1, 0.15) is 37.7 Å². The Balaban J connectivity index is 1.99. The molecule has 0 amide bonds. The minimum absolute atomic E-state index is 0.140. The molecule has 2 atom stereocenters. The predicted molar refractivity (Wildman–Crippen MR) is 77.6 cm³/mol. The Morgan fingerprint density at radius 1 is 1.14 bits per heavy atom. The summed E-state index contributed by atoms with van der Waals surface area (Å²) in [6, 6.07) is 4.12. The highest BCUT2D eigenvalue weighted by Gasteiger charge is 2.39. The first-order valence-electron chi connectivity index (χ1n) is 7.27. The molecule has 2 aliphatic rings. The first-order valence-corrected chi connectivity index (χ1v) is 7.64. The van der Waals surface area contributed by atoms with Crippen LogP contribution in [0.3, 0.4) is 0 Å². The number of hydrogen-bond donors (Lipinski definition) is 1. The lowest BCUT2D eigenvalue weighted by molar-refractivity contribution is -0.137. The molecular formula is C15H18ClF3N2. The average molecular weight is 319 g/mol. The van der Waals surface area contributed by atoms with Crippen molar-refractivity contribution in [1.82, 2.24) is 0 Å². The van der Waals surface area contributed by atoms with E-state index >= 15 is 0 Å². The number of anilines is 1. The van der Waals surface area contributed by atoms with Crippen molar-refractivity contribution in [2.45, 2.75) is 56.4 Å². The van der Waals surface area contributed by atoms with Crippen LogP contribution >= 0.6 is 11.6 Å². The molecule has 1 aromatic carbocycles. The van der Waals surface area contributed by atoms with Gasteiger partial charge >= 0.3 is 6.18 Å². The van der Waals surface area contributed by atoms with E-state index in [1.165, 1.54) is 12.1 Å². The second-order valence-corrected chi connectivity index (χ2v) is 6.45. The summed E-state index contributed by atoms with van der Waals surface area (Å²) in [7, 11) is 0. The SMILES string of the molecule is NC1CC2CCCC(C1)N2c1cc(C(F)(F)F)ccc1Cl. The summed E-state index contributed by atoms with van der Waals surface area (Å²) >= 11 is 6.19. The molecule has 2 aliphatic heterocycles. The van der Waals surface area contributed by atoms with Crippen LogP contribution in [-0.4, -0.2) is 18.1 Å². The van der Waals surface area contributed by atoms with Crippen LogP contribution in [0.15, 0.2) is 18.2 Å². The van der Waals surface area contributed by atoms with Gasteiger partial charge in [-0.2, -0.15) is 13.2 Å². The lowest BCUT2D eigenvalue weighted by Gasteiger charge is -2.50. The molecule has 3 rings (SSSR count). The van der Waals surface area contributed by atoms with Gasteiger partial charge in [0.1, 0.15) is 0 Å². The number of halogens is 4. The highest BCUT2D eigenvalue weighted by Crippen LogP contribution is 2.42. The zero-order valence-electron chi connectivity index (χ0n) is 11.5. The van der Waals surface area contributed by atoms with Crippen LogP contribution < -0.4 is 10.6 Å². The molecule has 0 radical (unpaired) electrons. The standard InChI is InChI=1S/C15H18ClF3N2/c16-13-5-4-9(15(17,18)19)6-14(13)21-11-2-1-3-12(21)8-10(20)7-11/h4-6,10-12H,1-3,7-8,20H2. The molecule has 0 aliphatic carbocycles. The topological polar surface area (TPSA) is 29.3 Å². The molecule has 6 heteroatoms. The number of benzene rings is 1. The first kappa shape index (κ1) is 15.0. The molecule has 1 aromatic rings. The molecule has 2 nitrogen and oxygen atoms in total. The minimum atomic E-state index is -4.35. The lowest BCUT2D eigenvalue weighted by Crippen LogP contribution is -2.55. The van der Waals surface area contributed by atoms with Crippen LogP contribution in [0.5, 0.6) is 0 Å². The van der Waals surface area contributed by atoms with Crippen molar-refractivity contribution in [3.63, 3.8) is 0 Å². The van der Waals surface area contributed by atoms with Gasteiger partial charge in [-0.15, -0.1) is 0 Å². The van der Waals surface area contributed by atoms with Crippen LogP contribution in [0.25, 0.3) is 0 Å². The molecule has 0 saturated carbocycles. The maximum Gasteiger partial charge on any atom is 0.416 e. The minimum Gasteiger partial charge on any atom is -0.364 e. The maximum absolute atomic E-state index is 12.9. The number of piperidine rings is 2. The van der Waals surface area contributed by atoms with Crippen molar-refractivity contribution in [3.05, 3.63) is 28.8 Å². The summed E-state index contributed by atoms with van der Waals surface area (Å²) in [6.45, 7) is 0. The fourth-order valence-corrected chi connectivity index (χ4v) is 3.92. The Hall–Kier alpha value is -0.940. The summed E-state index contributed by atoms with van der Waals surface area (Å²) in [5.74, 6) is 0. The molecule has 116 valence electrons. The van der Waals surface area contributed by atoms with Crippen LogP contribution in [0, 0.1) is 0 Å². The molecule has 0 aromatic heterocycles. The Kier molecular flexibility index (Phi) is 3.82. The van der Waals surface area contributed by atoms with Gasteiger partial charge < -0.3 is 10.6 Å². The normalized spacial score (nSPS) is 29.6. The zero-order chi connectivity index (χ0) is 15.2. The molecule has 2 N–H and O–H groups in total. The summed E-state index contributed by atoms with van der Waals surface area (Å²) in [5, 5.41) is 0.385. The zero-order valence-corrected chi connectivity index (χ0v) is 12.3.